The molecule has 2 heterocycles. The molecule has 3 N–H and O–H groups in total. The quantitative estimate of drug-likeness (QED) is 0.598. The minimum absolute atomic E-state index is 0.173. The predicted molar refractivity (Wildman–Crippen MR) is 104 cm³/mol. The number of amides is 1. The molecule has 0 radical (unpaired) electrons. The number of aryl methyl sites for hydroxylation is 1. The minimum Gasteiger partial charge on any atom is -0.394 e. The maximum absolute atomic E-state index is 12.6. The first kappa shape index (κ1) is 18.6. The van der Waals surface area contributed by atoms with Crippen LogP contribution < -0.4 is 10.6 Å². The second kappa shape index (κ2) is 8.46. The zero-order valence-electron chi connectivity index (χ0n) is 15.4. The molecule has 2 aromatic heterocycles. The fraction of sp³-hybridized carbons (Fsp3) is 0.250. The number of nitrogens with zero attached hydrogens (tertiary/aromatic N) is 3. The number of benzene rings is 1. The summed E-state index contributed by atoms with van der Waals surface area (Å²) in [6.45, 7) is 4.45. The van der Waals surface area contributed by atoms with Crippen LogP contribution in [-0.2, 0) is 0 Å². The van der Waals surface area contributed by atoms with Crippen LogP contribution in [0.1, 0.15) is 34.5 Å². The third-order valence-corrected chi connectivity index (χ3v) is 4.17. The van der Waals surface area contributed by atoms with Crippen molar-refractivity contribution >= 4 is 11.9 Å². The summed E-state index contributed by atoms with van der Waals surface area (Å²) in [6.07, 6.45) is 5.26. The Morgan fingerprint density at radius 1 is 1.26 bits per heavy atom. The van der Waals surface area contributed by atoms with Crippen molar-refractivity contribution in [2.24, 2.45) is 0 Å². The van der Waals surface area contributed by atoms with Gasteiger partial charge in [-0.25, -0.2) is 4.98 Å². The minimum atomic E-state index is -0.455. The lowest BCUT2D eigenvalue weighted by Crippen LogP contribution is -2.30. The number of nitrogens with one attached hydrogen (secondary N) is 2. The first-order valence-electron chi connectivity index (χ1n) is 8.85. The number of hydrogen-bond donors (Lipinski definition) is 3. The van der Waals surface area contributed by atoms with Crippen LogP contribution in [-0.4, -0.2) is 38.7 Å². The lowest BCUT2D eigenvalue weighted by atomic mass is 10.1. The van der Waals surface area contributed by atoms with Crippen molar-refractivity contribution in [1.82, 2.24) is 19.9 Å². The van der Waals surface area contributed by atoms with Crippen LogP contribution in [0.3, 0.4) is 0 Å². The monoisotopic (exact) mass is 365 g/mol. The number of aromatic nitrogens is 3. The normalized spacial score (nSPS) is 11.8. The van der Waals surface area contributed by atoms with Gasteiger partial charge in [-0.15, -0.1) is 0 Å². The molecule has 7 nitrogen and oxygen atoms in total. The second-order valence-corrected chi connectivity index (χ2v) is 6.16. The van der Waals surface area contributed by atoms with Gasteiger partial charge >= 0.3 is 0 Å². The first-order valence-corrected chi connectivity index (χ1v) is 8.85. The van der Waals surface area contributed by atoms with Gasteiger partial charge in [-0.3, -0.25) is 4.79 Å². The van der Waals surface area contributed by atoms with Gasteiger partial charge in [0, 0.05) is 30.7 Å². The van der Waals surface area contributed by atoms with Crippen molar-refractivity contribution < 1.29 is 9.90 Å². The van der Waals surface area contributed by atoms with Gasteiger partial charge in [0.2, 0.25) is 5.95 Å². The Kier molecular flexibility index (Phi) is 5.83. The molecule has 0 fully saturated rings. The molecular weight excluding hydrogens is 342 g/mol. The molecule has 0 saturated heterocycles. The number of carbonyl (C=O) groups is 1. The highest BCUT2D eigenvalue weighted by molar-refractivity contribution is 5.94. The molecule has 0 aliphatic heterocycles. The summed E-state index contributed by atoms with van der Waals surface area (Å²) in [5, 5.41) is 15.6. The summed E-state index contributed by atoms with van der Waals surface area (Å²) in [6, 6.07) is 10.7. The third kappa shape index (κ3) is 4.32. The highest BCUT2D eigenvalue weighted by Gasteiger charge is 2.16. The fourth-order valence-corrected chi connectivity index (χ4v) is 2.76. The van der Waals surface area contributed by atoms with Crippen molar-refractivity contribution in [2.45, 2.75) is 19.9 Å². The Labute approximate surface area is 158 Å². The second-order valence-electron chi connectivity index (χ2n) is 6.16. The molecule has 140 valence electrons. The molecule has 0 aliphatic rings. The van der Waals surface area contributed by atoms with Gasteiger partial charge < -0.3 is 20.3 Å². The van der Waals surface area contributed by atoms with Crippen LogP contribution in [0.25, 0.3) is 5.82 Å². The smallest absolute Gasteiger partial charge is 0.253 e. The van der Waals surface area contributed by atoms with E-state index in [1.165, 1.54) is 0 Å². The largest absolute Gasteiger partial charge is 0.394 e. The number of hydrogen-bond acceptors (Lipinski definition) is 5. The van der Waals surface area contributed by atoms with E-state index < -0.39 is 6.04 Å². The van der Waals surface area contributed by atoms with E-state index in [4.69, 9.17) is 0 Å². The van der Waals surface area contributed by atoms with Crippen LogP contribution in [0.15, 0.2) is 55.0 Å². The highest BCUT2D eigenvalue weighted by atomic mass is 16.3. The topological polar surface area (TPSA) is 92.1 Å². The van der Waals surface area contributed by atoms with E-state index in [0.29, 0.717) is 17.3 Å². The Morgan fingerprint density at radius 2 is 2.04 bits per heavy atom. The molecule has 0 aliphatic carbocycles. The van der Waals surface area contributed by atoms with Crippen LogP contribution in [0.4, 0.5) is 5.95 Å². The molecule has 1 atom stereocenters. The van der Waals surface area contributed by atoms with E-state index in [1.54, 1.807) is 29.2 Å². The summed E-state index contributed by atoms with van der Waals surface area (Å²) in [5.74, 6) is 0.999. The SMILES string of the molecule is CCNc1ncc(C)c(-n2ccc(C(=O)NC(CO)c3ccccc3)c2)n1. The Balaban J connectivity index is 1.79. The van der Waals surface area contributed by atoms with Gasteiger partial charge in [-0.1, -0.05) is 30.3 Å². The zero-order chi connectivity index (χ0) is 19.2. The Morgan fingerprint density at radius 3 is 2.74 bits per heavy atom. The average molecular weight is 365 g/mol. The van der Waals surface area contributed by atoms with Crippen molar-refractivity contribution in [2.75, 3.05) is 18.5 Å². The lowest BCUT2D eigenvalue weighted by Gasteiger charge is -2.16. The third-order valence-electron chi connectivity index (χ3n) is 4.17. The molecule has 27 heavy (non-hydrogen) atoms. The van der Waals surface area contributed by atoms with Crippen LogP contribution in [0.2, 0.25) is 0 Å². The van der Waals surface area contributed by atoms with Gasteiger partial charge in [0.15, 0.2) is 0 Å². The summed E-state index contributed by atoms with van der Waals surface area (Å²) in [7, 11) is 0. The maximum Gasteiger partial charge on any atom is 0.253 e. The molecule has 0 bridgehead atoms. The number of carbonyl (C=O) groups excluding carboxylic acids is 1. The Hall–Kier alpha value is -3.19. The van der Waals surface area contributed by atoms with Gasteiger partial charge in [0.05, 0.1) is 18.2 Å². The molecule has 0 spiro atoms. The van der Waals surface area contributed by atoms with Crippen molar-refractivity contribution in [3.63, 3.8) is 0 Å². The lowest BCUT2D eigenvalue weighted by molar-refractivity contribution is 0.0916. The van der Waals surface area contributed by atoms with Gasteiger partial charge in [0.25, 0.3) is 5.91 Å². The van der Waals surface area contributed by atoms with Crippen molar-refractivity contribution in [3.05, 3.63) is 71.7 Å². The summed E-state index contributed by atoms with van der Waals surface area (Å²) in [5.41, 5.74) is 2.25. The van der Waals surface area contributed by atoms with Crippen LogP contribution in [0.5, 0.6) is 0 Å². The number of aliphatic hydroxyl groups excluding tert-OH is 1. The van der Waals surface area contributed by atoms with E-state index in [9.17, 15) is 9.90 Å². The number of rotatable bonds is 7. The van der Waals surface area contributed by atoms with Crippen LogP contribution in [0, 0.1) is 6.92 Å². The molecule has 1 unspecified atom stereocenters. The number of aliphatic hydroxyl groups is 1. The van der Waals surface area contributed by atoms with Crippen molar-refractivity contribution in [1.29, 1.82) is 0 Å². The molecular formula is C20H23N5O2. The molecule has 1 aromatic carbocycles. The highest BCUT2D eigenvalue weighted by Crippen LogP contribution is 2.16. The van der Waals surface area contributed by atoms with Gasteiger partial charge in [-0.2, -0.15) is 4.98 Å². The zero-order valence-corrected chi connectivity index (χ0v) is 15.4. The van der Waals surface area contributed by atoms with Gasteiger partial charge in [0.1, 0.15) is 5.82 Å². The Bertz CT molecular complexity index is 908. The molecule has 7 heteroatoms. The predicted octanol–water partition coefficient (Wildman–Crippen LogP) is 2.47. The number of anilines is 1. The summed E-state index contributed by atoms with van der Waals surface area (Å²) >= 11 is 0. The first-order chi connectivity index (χ1) is 13.1. The molecule has 0 saturated carbocycles. The molecule has 1 amide bonds. The maximum atomic E-state index is 12.6. The standard InChI is InChI=1S/C20H23N5O2/c1-3-21-20-22-11-14(2)18(24-20)25-10-9-16(12-25)19(27)23-17(13-26)15-7-5-4-6-8-15/h4-12,17,26H,3,13H2,1-2H3,(H,23,27)(H,21,22,24). The van der Waals surface area contributed by atoms with E-state index in [0.717, 1.165) is 17.7 Å². The molecule has 3 rings (SSSR count). The van der Waals surface area contributed by atoms with Crippen LogP contribution >= 0.6 is 0 Å². The van der Waals surface area contributed by atoms with E-state index >= 15 is 0 Å². The molecule has 3 aromatic rings. The van der Waals surface area contributed by atoms with Gasteiger partial charge in [-0.05, 0) is 25.5 Å². The van der Waals surface area contributed by atoms with E-state index in [-0.39, 0.29) is 12.5 Å². The van der Waals surface area contributed by atoms with E-state index in [1.807, 2.05) is 44.2 Å². The van der Waals surface area contributed by atoms with Crippen molar-refractivity contribution in [3.8, 4) is 5.82 Å². The summed E-state index contributed by atoms with van der Waals surface area (Å²) < 4.78 is 1.79. The fourth-order valence-electron chi connectivity index (χ4n) is 2.76. The average Bonchev–Trinajstić information content (AvgIpc) is 3.18. The summed E-state index contributed by atoms with van der Waals surface area (Å²) in [4.78, 5) is 21.3. The van der Waals surface area contributed by atoms with E-state index in [2.05, 4.69) is 20.6 Å².